The number of aryl methyl sites for hydroxylation is 2. The molecule has 0 fully saturated rings. The van der Waals surface area contributed by atoms with Gasteiger partial charge in [0.1, 0.15) is 6.54 Å². The molecule has 0 saturated heterocycles. The van der Waals surface area contributed by atoms with E-state index in [4.69, 9.17) is 14.8 Å². The molecule has 0 spiro atoms. The summed E-state index contributed by atoms with van der Waals surface area (Å²) in [7, 11) is 1.61. The molecule has 6 heteroatoms. The van der Waals surface area contributed by atoms with Crippen molar-refractivity contribution in [3.63, 3.8) is 0 Å². The summed E-state index contributed by atoms with van der Waals surface area (Å²) in [4.78, 5) is 20.5. The van der Waals surface area contributed by atoms with Crippen LogP contribution in [0.5, 0.6) is 5.88 Å². The Hall–Kier alpha value is -2.89. The zero-order chi connectivity index (χ0) is 19.0. The topological polar surface area (TPSA) is 77.2 Å². The first-order chi connectivity index (χ1) is 12.3. The van der Waals surface area contributed by atoms with Crippen molar-refractivity contribution < 1.29 is 14.6 Å². The fourth-order valence-electron chi connectivity index (χ4n) is 3.13. The normalized spacial score (nSPS) is 11.3. The number of ether oxygens (including phenoxy) is 1. The summed E-state index contributed by atoms with van der Waals surface area (Å²) in [5, 5.41) is 9.11. The van der Waals surface area contributed by atoms with Crippen LogP contribution in [0.1, 0.15) is 36.6 Å². The third-order valence-electron chi connectivity index (χ3n) is 4.45. The van der Waals surface area contributed by atoms with E-state index in [-0.39, 0.29) is 6.54 Å². The van der Waals surface area contributed by atoms with Gasteiger partial charge in [-0.3, -0.25) is 4.79 Å². The fourth-order valence-corrected chi connectivity index (χ4v) is 3.13. The van der Waals surface area contributed by atoms with Crippen LogP contribution in [0.25, 0.3) is 22.3 Å². The van der Waals surface area contributed by atoms with Crippen molar-refractivity contribution in [2.24, 2.45) is 0 Å². The predicted molar refractivity (Wildman–Crippen MR) is 101 cm³/mol. The van der Waals surface area contributed by atoms with Crippen LogP contribution in [-0.4, -0.2) is 32.7 Å². The lowest BCUT2D eigenvalue weighted by Gasteiger charge is -2.13. The first-order valence-corrected chi connectivity index (χ1v) is 8.56. The van der Waals surface area contributed by atoms with Crippen molar-refractivity contribution in [2.75, 3.05) is 7.11 Å². The van der Waals surface area contributed by atoms with Crippen molar-refractivity contribution >= 4 is 17.0 Å². The Morgan fingerprint density at radius 2 is 1.96 bits per heavy atom. The summed E-state index contributed by atoms with van der Waals surface area (Å²) in [6.07, 6.45) is 1.83. The third-order valence-corrected chi connectivity index (χ3v) is 4.45. The van der Waals surface area contributed by atoms with Crippen molar-refractivity contribution in [3.8, 4) is 17.1 Å². The molecule has 0 bridgehead atoms. The molecule has 0 aromatic carbocycles. The lowest BCUT2D eigenvalue weighted by atomic mass is 10.0. The van der Waals surface area contributed by atoms with Gasteiger partial charge in [0.05, 0.1) is 29.4 Å². The SMILES string of the molecule is COc1nc(C(C)C)ccc1-c1nc2c(C)cn(CC(=O)O)c2cc1C. The van der Waals surface area contributed by atoms with Crippen LogP contribution in [0.3, 0.4) is 0 Å². The summed E-state index contributed by atoms with van der Waals surface area (Å²) < 4.78 is 7.23. The Bertz CT molecular complexity index is 990. The van der Waals surface area contributed by atoms with Crippen LogP contribution >= 0.6 is 0 Å². The summed E-state index contributed by atoms with van der Waals surface area (Å²) in [6.45, 7) is 7.99. The largest absolute Gasteiger partial charge is 0.480 e. The lowest BCUT2D eigenvalue weighted by Crippen LogP contribution is -2.07. The number of aliphatic carboxylic acids is 1. The Labute approximate surface area is 152 Å². The predicted octanol–water partition coefficient (Wildman–Crippen LogP) is 3.93. The Morgan fingerprint density at radius 3 is 2.58 bits per heavy atom. The van der Waals surface area contributed by atoms with Gasteiger partial charge in [-0.2, -0.15) is 0 Å². The Morgan fingerprint density at radius 1 is 1.23 bits per heavy atom. The first-order valence-electron chi connectivity index (χ1n) is 8.56. The van der Waals surface area contributed by atoms with Crippen molar-refractivity contribution in [3.05, 3.63) is 41.2 Å². The molecular formula is C20H23N3O3. The van der Waals surface area contributed by atoms with Crippen LogP contribution < -0.4 is 4.74 Å². The van der Waals surface area contributed by atoms with Crippen LogP contribution in [0.4, 0.5) is 0 Å². The zero-order valence-electron chi connectivity index (χ0n) is 15.7. The van der Waals surface area contributed by atoms with Gasteiger partial charge in [-0.15, -0.1) is 0 Å². The minimum absolute atomic E-state index is 0.0846. The maximum absolute atomic E-state index is 11.1. The molecule has 0 amide bonds. The fraction of sp³-hybridized carbons (Fsp3) is 0.350. The summed E-state index contributed by atoms with van der Waals surface area (Å²) in [6, 6.07) is 5.96. The molecule has 0 radical (unpaired) electrons. The molecule has 3 aromatic heterocycles. The quantitative estimate of drug-likeness (QED) is 0.752. The van der Waals surface area contributed by atoms with E-state index in [1.54, 1.807) is 11.7 Å². The number of carboxylic acid groups (broad SMARTS) is 1. The molecule has 0 aliphatic rings. The molecule has 26 heavy (non-hydrogen) atoms. The highest BCUT2D eigenvalue weighted by molar-refractivity contribution is 5.86. The number of hydrogen-bond acceptors (Lipinski definition) is 4. The molecule has 136 valence electrons. The molecule has 0 aliphatic heterocycles. The number of aromatic nitrogens is 3. The van der Waals surface area contributed by atoms with Gasteiger partial charge in [-0.05, 0) is 49.1 Å². The van der Waals surface area contributed by atoms with E-state index in [2.05, 4.69) is 18.8 Å². The highest BCUT2D eigenvalue weighted by Gasteiger charge is 2.17. The number of nitrogens with zero attached hydrogens (tertiary/aromatic N) is 3. The van der Waals surface area contributed by atoms with Crippen LogP contribution in [0.2, 0.25) is 0 Å². The van der Waals surface area contributed by atoms with Gasteiger partial charge >= 0.3 is 5.97 Å². The second kappa shape index (κ2) is 6.78. The van der Waals surface area contributed by atoms with Gasteiger partial charge in [0, 0.05) is 11.9 Å². The number of hydrogen-bond donors (Lipinski definition) is 1. The number of fused-ring (bicyclic) bond motifs is 1. The van der Waals surface area contributed by atoms with Crippen LogP contribution in [0.15, 0.2) is 24.4 Å². The summed E-state index contributed by atoms with van der Waals surface area (Å²) in [5.74, 6) is -0.0191. The van der Waals surface area contributed by atoms with Gasteiger partial charge in [0.2, 0.25) is 5.88 Å². The number of rotatable bonds is 5. The third kappa shape index (κ3) is 3.14. The minimum atomic E-state index is -0.876. The van der Waals surface area contributed by atoms with E-state index in [9.17, 15) is 4.79 Å². The Kier molecular flexibility index (Phi) is 4.68. The standard InChI is InChI=1S/C20H23N3O3/c1-11(2)15-7-6-14(20(21-15)26-5)18-12(3)8-16-19(22-18)13(4)9-23(16)10-17(24)25/h6-9,11H,10H2,1-5H3,(H,24,25). The maximum atomic E-state index is 11.1. The molecule has 3 heterocycles. The second-order valence-corrected chi connectivity index (χ2v) is 6.80. The average Bonchev–Trinajstić information content (AvgIpc) is 2.87. The maximum Gasteiger partial charge on any atom is 0.323 e. The summed E-state index contributed by atoms with van der Waals surface area (Å²) >= 11 is 0. The first kappa shape index (κ1) is 17.9. The highest BCUT2D eigenvalue weighted by atomic mass is 16.5. The van der Waals surface area contributed by atoms with E-state index < -0.39 is 5.97 Å². The molecule has 1 N–H and O–H groups in total. The van der Waals surface area contributed by atoms with Crippen molar-refractivity contribution in [2.45, 2.75) is 40.2 Å². The van der Waals surface area contributed by atoms with Gasteiger partial charge < -0.3 is 14.4 Å². The van der Waals surface area contributed by atoms with E-state index >= 15 is 0 Å². The molecule has 6 nitrogen and oxygen atoms in total. The molecule has 0 aliphatic carbocycles. The number of carbonyl (C=O) groups is 1. The number of carboxylic acids is 1. The minimum Gasteiger partial charge on any atom is -0.480 e. The molecule has 0 saturated carbocycles. The lowest BCUT2D eigenvalue weighted by molar-refractivity contribution is -0.137. The zero-order valence-corrected chi connectivity index (χ0v) is 15.7. The van der Waals surface area contributed by atoms with Crippen LogP contribution in [0, 0.1) is 13.8 Å². The van der Waals surface area contributed by atoms with Crippen molar-refractivity contribution in [1.82, 2.24) is 14.5 Å². The highest BCUT2D eigenvalue weighted by Crippen LogP contribution is 2.33. The van der Waals surface area contributed by atoms with Gasteiger partial charge in [-0.25, -0.2) is 9.97 Å². The van der Waals surface area contributed by atoms with Crippen LogP contribution in [-0.2, 0) is 11.3 Å². The molecule has 3 rings (SSSR count). The van der Waals surface area contributed by atoms with E-state index in [0.29, 0.717) is 11.8 Å². The monoisotopic (exact) mass is 353 g/mol. The Balaban J connectivity index is 2.19. The molecular weight excluding hydrogens is 330 g/mol. The number of pyridine rings is 2. The smallest absolute Gasteiger partial charge is 0.323 e. The van der Waals surface area contributed by atoms with E-state index in [1.165, 1.54) is 0 Å². The van der Waals surface area contributed by atoms with Gasteiger partial charge in [-0.1, -0.05) is 13.8 Å². The average molecular weight is 353 g/mol. The molecule has 0 unspecified atom stereocenters. The van der Waals surface area contributed by atoms with Gasteiger partial charge in [0.25, 0.3) is 0 Å². The molecule has 0 atom stereocenters. The number of methoxy groups -OCH3 is 1. The molecule has 3 aromatic rings. The van der Waals surface area contributed by atoms with E-state index in [0.717, 1.165) is 39.1 Å². The van der Waals surface area contributed by atoms with Crippen molar-refractivity contribution in [1.29, 1.82) is 0 Å². The summed E-state index contributed by atoms with van der Waals surface area (Å²) in [5.41, 5.74) is 6.09. The van der Waals surface area contributed by atoms with E-state index in [1.807, 2.05) is 38.2 Å². The van der Waals surface area contributed by atoms with Gasteiger partial charge in [0.15, 0.2) is 0 Å². The second-order valence-electron chi connectivity index (χ2n) is 6.80.